The molecule has 0 aliphatic rings. The summed E-state index contributed by atoms with van der Waals surface area (Å²) in [4.78, 5) is 24.1. The second-order valence-electron chi connectivity index (χ2n) is 4.50. The minimum atomic E-state index is -1.47. The maximum atomic E-state index is 12.3. The van der Waals surface area contributed by atoms with Crippen molar-refractivity contribution < 1.29 is 9.59 Å². The number of likely N-dealkylation sites (N-methyl/N-ethyl adjacent to an activating group) is 2. The van der Waals surface area contributed by atoms with Gasteiger partial charge in [-0.2, -0.15) is 25.3 Å². The lowest BCUT2D eigenvalue weighted by atomic mass is 10.0. The van der Waals surface area contributed by atoms with Gasteiger partial charge in [0, 0.05) is 19.2 Å². The second kappa shape index (κ2) is 7.98. The molecule has 0 rings (SSSR count). The standard InChI is InChI=1S/C11H24N4O2S2/c1-4-14-10(2,7-19)8(16)15-11(12,5-6-18)9(17)13-3/h14,18-19H,4-7,12H2,1-3H3,(H,13,17)(H,15,16)/t10-,11-/m1/s1. The van der Waals surface area contributed by atoms with Crippen LogP contribution in [0.3, 0.4) is 0 Å². The molecule has 112 valence electrons. The number of hydrogen-bond acceptors (Lipinski definition) is 6. The third kappa shape index (κ3) is 4.87. The van der Waals surface area contributed by atoms with E-state index in [2.05, 4.69) is 41.2 Å². The maximum Gasteiger partial charge on any atom is 0.260 e. The lowest BCUT2D eigenvalue weighted by molar-refractivity contribution is -0.135. The molecular formula is C11H24N4O2S2. The molecule has 0 radical (unpaired) electrons. The molecule has 8 heteroatoms. The first-order chi connectivity index (χ1) is 8.79. The Bertz CT molecular complexity index is 330. The van der Waals surface area contributed by atoms with Gasteiger partial charge in [0.1, 0.15) is 5.54 Å². The number of carbonyl (C=O) groups excluding carboxylic acids is 2. The minimum absolute atomic E-state index is 0.232. The van der Waals surface area contributed by atoms with Gasteiger partial charge in [-0.1, -0.05) is 6.92 Å². The SMILES string of the molecule is CCN[C@](C)(CS)C(=O)N[C@](N)(CCS)C(=O)NC. The van der Waals surface area contributed by atoms with Crippen molar-refractivity contribution in [1.82, 2.24) is 16.0 Å². The van der Waals surface area contributed by atoms with Crippen LogP contribution in [0.2, 0.25) is 0 Å². The van der Waals surface area contributed by atoms with Gasteiger partial charge >= 0.3 is 0 Å². The molecule has 0 saturated heterocycles. The van der Waals surface area contributed by atoms with E-state index in [0.29, 0.717) is 12.3 Å². The summed E-state index contributed by atoms with van der Waals surface area (Å²) in [6.45, 7) is 4.20. The lowest BCUT2D eigenvalue weighted by Gasteiger charge is -2.34. The van der Waals surface area contributed by atoms with Crippen molar-refractivity contribution in [3.05, 3.63) is 0 Å². The summed E-state index contributed by atoms with van der Waals surface area (Å²) in [5.74, 6) is -0.148. The van der Waals surface area contributed by atoms with Gasteiger partial charge in [0.15, 0.2) is 5.66 Å². The Labute approximate surface area is 125 Å². The Morgan fingerprint density at radius 2 is 1.84 bits per heavy atom. The molecule has 0 fully saturated rings. The predicted molar refractivity (Wildman–Crippen MR) is 83.5 cm³/mol. The molecule has 5 N–H and O–H groups in total. The maximum absolute atomic E-state index is 12.3. The Morgan fingerprint density at radius 3 is 2.21 bits per heavy atom. The molecule has 0 aromatic carbocycles. The first-order valence-corrected chi connectivity index (χ1v) is 7.36. The highest BCUT2D eigenvalue weighted by Gasteiger charge is 2.40. The Morgan fingerprint density at radius 1 is 1.26 bits per heavy atom. The largest absolute Gasteiger partial charge is 0.356 e. The van der Waals surface area contributed by atoms with E-state index in [1.165, 1.54) is 7.05 Å². The van der Waals surface area contributed by atoms with E-state index in [1.54, 1.807) is 6.92 Å². The first kappa shape index (κ1) is 18.6. The van der Waals surface area contributed by atoms with Crippen LogP contribution in [0.4, 0.5) is 0 Å². The van der Waals surface area contributed by atoms with Gasteiger partial charge in [0.05, 0.1) is 0 Å². The minimum Gasteiger partial charge on any atom is -0.356 e. The number of rotatable bonds is 8. The molecular weight excluding hydrogens is 284 g/mol. The van der Waals surface area contributed by atoms with E-state index in [-0.39, 0.29) is 18.1 Å². The van der Waals surface area contributed by atoms with Crippen LogP contribution in [-0.2, 0) is 9.59 Å². The Balaban J connectivity index is 5.04. The highest BCUT2D eigenvalue weighted by molar-refractivity contribution is 7.80. The number of carbonyl (C=O) groups is 2. The monoisotopic (exact) mass is 308 g/mol. The quantitative estimate of drug-likeness (QED) is 0.259. The zero-order chi connectivity index (χ0) is 15.1. The molecule has 0 unspecified atom stereocenters. The number of amides is 2. The summed E-state index contributed by atoms with van der Waals surface area (Å²) in [7, 11) is 1.47. The summed E-state index contributed by atoms with van der Waals surface area (Å²) in [6.07, 6.45) is 0.232. The third-order valence-corrected chi connectivity index (χ3v) is 3.72. The fourth-order valence-corrected chi connectivity index (χ4v) is 2.18. The number of hydrogen-bond donors (Lipinski definition) is 6. The average Bonchev–Trinajstić information content (AvgIpc) is 2.37. The van der Waals surface area contributed by atoms with Crippen molar-refractivity contribution in [1.29, 1.82) is 0 Å². The van der Waals surface area contributed by atoms with E-state index in [4.69, 9.17) is 5.73 Å². The Hall–Kier alpha value is -0.440. The fourth-order valence-electron chi connectivity index (χ4n) is 1.57. The molecule has 0 aliphatic carbocycles. The van der Waals surface area contributed by atoms with Crippen LogP contribution in [0.15, 0.2) is 0 Å². The zero-order valence-electron chi connectivity index (χ0n) is 11.6. The van der Waals surface area contributed by atoms with E-state index < -0.39 is 17.1 Å². The van der Waals surface area contributed by atoms with Gasteiger partial charge in [-0.05, 0) is 19.2 Å². The van der Waals surface area contributed by atoms with E-state index in [9.17, 15) is 9.59 Å². The third-order valence-electron chi connectivity index (χ3n) is 2.86. The van der Waals surface area contributed by atoms with Gasteiger partial charge in [0.2, 0.25) is 5.91 Å². The summed E-state index contributed by atoms with van der Waals surface area (Å²) in [6, 6.07) is 0. The van der Waals surface area contributed by atoms with Crippen LogP contribution in [0, 0.1) is 0 Å². The van der Waals surface area contributed by atoms with Crippen molar-refractivity contribution in [2.45, 2.75) is 31.5 Å². The molecule has 0 aromatic rings. The second-order valence-corrected chi connectivity index (χ2v) is 5.26. The fraction of sp³-hybridized carbons (Fsp3) is 0.818. The molecule has 0 bridgehead atoms. The molecule has 6 nitrogen and oxygen atoms in total. The van der Waals surface area contributed by atoms with Gasteiger partial charge in [-0.25, -0.2) is 0 Å². The zero-order valence-corrected chi connectivity index (χ0v) is 13.4. The topological polar surface area (TPSA) is 96.2 Å². The lowest BCUT2D eigenvalue weighted by Crippen LogP contribution is -2.69. The summed E-state index contributed by atoms with van der Waals surface area (Å²) < 4.78 is 0. The van der Waals surface area contributed by atoms with Crippen molar-refractivity contribution in [3.8, 4) is 0 Å². The first-order valence-electron chi connectivity index (χ1n) is 6.10. The van der Waals surface area contributed by atoms with E-state index in [1.807, 2.05) is 6.92 Å². The highest BCUT2D eigenvalue weighted by Crippen LogP contribution is 2.11. The van der Waals surface area contributed by atoms with Crippen LogP contribution in [0.5, 0.6) is 0 Å². The highest BCUT2D eigenvalue weighted by atomic mass is 32.1. The van der Waals surface area contributed by atoms with Crippen molar-refractivity contribution >= 4 is 37.1 Å². The number of nitrogens with two attached hydrogens (primary N) is 1. The molecule has 0 heterocycles. The summed E-state index contributed by atoms with van der Waals surface area (Å²) in [5.41, 5.74) is 3.62. The Kier molecular flexibility index (Phi) is 7.80. The van der Waals surface area contributed by atoms with Crippen LogP contribution in [0.25, 0.3) is 0 Å². The number of nitrogens with one attached hydrogen (secondary N) is 3. The molecule has 0 spiro atoms. The van der Waals surface area contributed by atoms with Gasteiger partial charge in [-0.3, -0.25) is 9.59 Å². The van der Waals surface area contributed by atoms with Crippen LogP contribution in [0.1, 0.15) is 20.3 Å². The van der Waals surface area contributed by atoms with Gasteiger partial charge < -0.3 is 21.7 Å². The van der Waals surface area contributed by atoms with Crippen LogP contribution >= 0.6 is 25.3 Å². The van der Waals surface area contributed by atoms with Gasteiger partial charge in [-0.15, -0.1) is 0 Å². The molecule has 0 aliphatic heterocycles. The summed E-state index contributed by atoms with van der Waals surface area (Å²) >= 11 is 8.24. The molecule has 0 saturated carbocycles. The van der Waals surface area contributed by atoms with Crippen molar-refractivity contribution in [2.24, 2.45) is 5.73 Å². The molecule has 2 atom stereocenters. The van der Waals surface area contributed by atoms with E-state index >= 15 is 0 Å². The number of thiol groups is 2. The van der Waals surface area contributed by atoms with Crippen molar-refractivity contribution in [2.75, 3.05) is 25.1 Å². The molecule has 0 aromatic heterocycles. The smallest absolute Gasteiger partial charge is 0.260 e. The molecule has 2 amide bonds. The van der Waals surface area contributed by atoms with Crippen LogP contribution < -0.4 is 21.7 Å². The van der Waals surface area contributed by atoms with Crippen LogP contribution in [-0.4, -0.2) is 48.1 Å². The molecule has 19 heavy (non-hydrogen) atoms. The summed E-state index contributed by atoms with van der Waals surface area (Å²) in [5, 5.41) is 8.07. The normalized spacial score (nSPS) is 17.2. The van der Waals surface area contributed by atoms with Gasteiger partial charge in [0.25, 0.3) is 5.91 Å². The predicted octanol–water partition coefficient (Wildman–Crippen LogP) is -0.878. The average molecular weight is 308 g/mol. The van der Waals surface area contributed by atoms with E-state index in [0.717, 1.165) is 0 Å². The van der Waals surface area contributed by atoms with Crippen molar-refractivity contribution in [3.63, 3.8) is 0 Å².